The number of pyridine rings is 1. The lowest BCUT2D eigenvalue weighted by Crippen LogP contribution is -2.38. The van der Waals surface area contributed by atoms with Crippen LogP contribution >= 0.6 is 11.3 Å². The van der Waals surface area contributed by atoms with Gasteiger partial charge in [-0.15, -0.1) is 11.3 Å². The molecule has 1 N–H and O–H groups in total. The molecule has 2 aromatic heterocycles. The van der Waals surface area contributed by atoms with Crippen molar-refractivity contribution in [2.45, 2.75) is 44.6 Å². The fourth-order valence-corrected chi connectivity index (χ4v) is 4.07. The third-order valence-electron chi connectivity index (χ3n) is 4.19. The van der Waals surface area contributed by atoms with E-state index in [4.69, 9.17) is 4.98 Å². The third-order valence-corrected chi connectivity index (χ3v) is 5.09. The first-order valence-corrected chi connectivity index (χ1v) is 8.46. The molecule has 106 valence electrons. The van der Waals surface area contributed by atoms with Crippen LogP contribution in [0.3, 0.4) is 0 Å². The number of hydrogen-bond donors (Lipinski definition) is 1. The Balaban J connectivity index is 1.84. The highest BCUT2D eigenvalue weighted by Crippen LogP contribution is 2.34. The van der Waals surface area contributed by atoms with Crippen LogP contribution in [-0.4, -0.2) is 17.6 Å². The van der Waals surface area contributed by atoms with Crippen molar-refractivity contribution < 1.29 is 0 Å². The number of fused-ring (bicyclic) bond motifs is 1. The molecule has 0 bridgehead atoms. The lowest BCUT2D eigenvalue weighted by atomic mass is 9.80. The maximum absolute atomic E-state index is 4.70. The van der Waals surface area contributed by atoms with Crippen molar-refractivity contribution in [3.63, 3.8) is 0 Å². The van der Waals surface area contributed by atoms with Crippen LogP contribution in [0.25, 0.3) is 0 Å². The Morgan fingerprint density at radius 3 is 3.15 bits per heavy atom. The van der Waals surface area contributed by atoms with Gasteiger partial charge >= 0.3 is 0 Å². The zero-order chi connectivity index (χ0) is 13.8. The van der Waals surface area contributed by atoms with E-state index in [1.165, 1.54) is 35.4 Å². The van der Waals surface area contributed by atoms with E-state index < -0.39 is 0 Å². The monoisotopic (exact) mass is 286 g/mol. The normalized spacial score (nSPS) is 19.6. The molecular formula is C17H22N2S. The summed E-state index contributed by atoms with van der Waals surface area (Å²) in [5.41, 5.74) is 2.79. The van der Waals surface area contributed by atoms with Gasteiger partial charge < -0.3 is 5.32 Å². The third kappa shape index (κ3) is 2.94. The van der Waals surface area contributed by atoms with Crippen molar-refractivity contribution in [3.05, 3.63) is 52.0 Å². The first-order chi connectivity index (χ1) is 9.88. The number of nitrogens with one attached hydrogen (secondary N) is 1. The lowest BCUT2D eigenvalue weighted by Gasteiger charge is -2.31. The Morgan fingerprint density at radius 2 is 2.35 bits per heavy atom. The van der Waals surface area contributed by atoms with Crippen LogP contribution in [0.15, 0.2) is 35.8 Å². The quantitative estimate of drug-likeness (QED) is 0.904. The Kier molecular flexibility index (Phi) is 4.48. The largest absolute Gasteiger partial charge is 0.313 e. The fraction of sp³-hybridized carbons (Fsp3) is 0.471. The average Bonchev–Trinajstić information content (AvgIpc) is 2.99. The number of likely N-dealkylation sites (N-methyl/N-ethyl adjacent to an activating group) is 1. The summed E-state index contributed by atoms with van der Waals surface area (Å²) in [7, 11) is 0. The number of rotatable bonds is 5. The van der Waals surface area contributed by atoms with Crippen LogP contribution in [-0.2, 0) is 12.8 Å². The molecule has 0 aliphatic heterocycles. The second-order valence-electron chi connectivity index (χ2n) is 5.49. The summed E-state index contributed by atoms with van der Waals surface area (Å²) in [6, 6.07) is 9.23. The van der Waals surface area contributed by atoms with Crippen LogP contribution in [0.2, 0.25) is 0 Å². The topological polar surface area (TPSA) is 24.9 Å². The Bertz CT molecular complexity index is 536. The number of thiophene rings is 1. The molecule has 2 atom stereocenters. The smallest absolute Gasteiger partial charge is 0.0482 e. The van der Waals surface area contributed by atoms with E-state index in [1.807, 2.05) is 17.5 Å². The summed E-state index contributed by atoms with van der Waals surface area (Å²) in [5, 5.41) is 5.87. The van der Waals surface area contributed by atoms with E-state index in [-0.39, 0.29) is 0 Å². The van der Waals surface area contributed by atoms with Gasteiger partial charge in [-0.25, -0.2) is 0 Å². The van der Waals surface area contributed by atoms with Gasteiger partial charge in [0.25, 0.3) is 0 Å². The van der Waals surface area contributed by atoms with Crippen molar-refractivity contribution in [1.29, 1.82) is 0 Å². The first kappa shape index (κ1) is 13.8. The minimum atomic E-state index is 0.507. The molecule has 0 saturated carbocycles. The lowest BCUT2D eigenvalue weighted by molar-refractivity contribution is 0.390. The van der Waals surface area contributed by atoms with Gasteiger partial charge in [-0.1, -0.05) is 19.1 Å². The zero-order valence-electron chi connectivity index (χ0n) is 12.0. The minimum absolute atomic E-state index is 0.507. The number of aryl methyl sites for hydroxylation is 1. The van der Waals surface area contributed by atoms with Gasteiger partial charge in [-0.05, 0) is 55.3 Å². The van der Waals surface area contributed by atoms with Gasteiger partial charge in [-0.2, -0.15) is 0 Å². The molecule has 0 saturated heterocycles. The Labute approximate surface area is 125 Å². The molecule has 3 rings (SSSR count). The maximum Gasteiger partial charge on any atom is 0.0482 e. The molecule has 2 heterocycles. The molecule has 0 amide bonds. The predicted octanol–water partition coefficient (Wildman–Crippen LogP) is 3.78. The van der Waals surface area contributed by atoms with Gasteiger partial charge in [0, 0.05) is 28.7 Å². The highest BCUT2D eigenvalue weighted by atomic mass is 32.1. The van der Waals surface area contributed by atoms with Crippen molar-refractivity contribution >= 4 is 11.3 Å². The van der Waals surface area contributed by atoms with Crippen LogP contribution in [0, 0.1) is 0 Å². The van der Waals surface area contributed by atoms with Crippen LogP contribution in [0.1, 0.15) is 41.8 Å². The fourth-order valence-electron chi connectivity index (χ4n) is 3.30. The summed E-state index contributed by atoms with van der Waals surface area (Å²) < 4.78 is 0. The Hall–Kier alpha value is -1.19. The summed E-state index contributed by atoms with van der Waals surface area (Å²) in [5.74, 6) is 0.557. The van der Waals surface area contributed by atoms with E-state index in [2.05, 4.69) is 41.9 Å². The van der Waals surface area contributed by atoms with E-state index in [9.17, 15) is 0 Å². The molecule has 2 aromatic rings. The number of nitrogens with zero attached hydrogens (tertiary/aromatic N) is 1. The van der Waals surface area contributed by atoms with Gasteiger partial charge in [-0.3, -0.25) is 4.98 Å². The van der Waals surface area contributed by atoms with Crippen LogP contribution in [0.5, 0.6) is 0 Å². The molecule has 2 nitrogen and oxygen atoms in total. The summed E-state index contributed by atoms with van der Waals surface area (Å²) in [6.07, 6.45) is 6.80. The van der Waals surface area contributed by atoms with Gasteiger partial charge in [0.15, 0.2) is 0 Å². The summed E-state index contributed by atoms with van der Waals surface area (Å²) in [6.45, 7) is 3.22. The molecular weight excluding hydrogens is 264 g/mol. The standard InChI is InChI=1S/C17H22N2S/c1-2-18-16(12-14-8-5-11-20-14)15-9-3-6-13-7-4-10-19-17(13)15/h4-5,7-8,10-11,15-16,18H,2-3,6,9,12H2,1H3. The van der Waals surface area contributed by atoms with Gasteiger partial charge in [0.2, 0.25) is 0 Å². The first-order valence-electron chi connectivity index (χ1n) is 7.58. The SMILES string of the molecule is CCNC(Cc1cccs1)C1CCCc2cccnc21. The van der Waals surface area contributed by atoms with E-state index >= 15 is 0 Å². The van der Waals surface area contributed by atoms with E-state index in [0.717, 1.165) is 13.0 Å². The summed E-state index contributed by atoms with van der Waals surface area (Å²) in [4.78, 5) is 6.17. The molecule has 0 spiro atoms. The van der Waals surface area contributed by atoms with E-state index in [1.54, 1.807) is 0 Å². The van der Waals surface area contributed by atoms with Crippen LogP contribution < -0.4 is 5.32 Å². The summed E-state index contributed by atoms with van der Waals surface area (Å²) >= 11 is 1.86. The molecule has 1 aliphatic rings. The van der Waals surface area contributed by atoms with Crippen LogP contribution in [0.4, 0.5) is 0 Å². The zero-order valence-corrected chi connectivity index (χ0v) is 12.8. The van der Waals surface area contributed by atoms with Gasteiger partial charge in [0.05, 0.1) is 0 Å². The average molecular weight is 286 g/mol. The van der Waals surface area contributed by atoms with Crippen molar-refractivity contribution in [1.82, 2.24) is 10.3 Å². The highest BCUT2D eigenvalue weighted by molar-refractivity contribution is 7.09. The molecule has 3 heteroatoms. The molecule has 1 aliphatic carbocycles. The maximum atomic E-state index is 4.70. The molecule has 0 radical (unpaired) electrons. The Morgan fingerprint density at radius 1 is 1.40 bits per heavy atom. The van der Waals surface area contributed by atoms with Crippen molar-refractivity contribution in [2.24, 2.45) is 0 Å². The van der Waals surface area contributed by atoms with E-state index in [0.29, 0.717) is 12.0 Å². The molecule has 0 aromatic carbocycles. The number of aromatic nitrogens is 1. The molecule has 20 heavy (non-hydrogen) atoms. The van der Waals surface area contributed by atoms with Crippen molar-refractivity contribution in [2.75, 3.05) is 6.54 Å². The second kappa shape index (κ2) is 6.51. The minimum Gasteiger partial charge on any atom is -0.313 e. The second-order valence-corrected chi connectivity index (χ2v) is 6.53. The number of hydrogen-bond acceptors (Lipinski definition) is 3. The predicted molar refractivity (Wildman–Crippen MR) is 85.4 cm³/mol. The van der Waals surface area contributed by atoms with Crippen molar-refractivity contribution in [3.8, 4) is 0 Å². The molecule has 0 fully saturated rings. The highest BCUT2D eigenvalue weighted by Gasteiger charge is 2.28. The molecule has 2 unspecified atom stereocenters. The van der Waals surface area contributed by atoms with Gasteiger partial charge in [0.1, 0.15) is 0 Å².